The zero-order valence-electron chi connectivity index (χ0n) is 10.1. The molecule has 118 valence electrons. The van der Waals surface area contributed by atoms with Gasteiger partial charge in [-0.2, -0.15) is 17.5 Å². The van der Waals surface area contributed by atoms with Gasteiger partial charge in [0.1, 0.15) is 13.1 Å². The third-order valence-corrected chi connectivity index (χ3v) is 5.20. The van der Waals surface area contributed by atoms with Gasteiger partial charge < -0.3 is 5.11 Å². The molecule has 5 nitrogen and oxygen atoms in total. The van der Waals surface area contributed by atoms with Crippen LogP contribution in [0.5, 0.6) is 0 Å². The Bertz CT molecular complexity index is 650. The van der Waals surface area contributed by atoms with Crippen molar-refractivity contribution in [3.63, 3.8) is 0 Å². The van der Waals surface area contributed by atoms with Crippen molar-refractivity contribution >= 4 is 43.5 Å². The van der Waals surface area contributed by atoms with E-state index in [1.807, 2.05) is 0 Å². The summed E-state index contributed by atoms with van der Waals surface area (Å²) in [6, 6.07) is 3.17. The molecular formula is C10H8BrClF3NO4S. The first kappa shape index (κ1) is 18.2. The van der Waals surface area contributed by atoms with E-state index in [1.165, 1.54) is 6.07 Å². The van der Waals surface area contributed by atoms with Gasteiger partial charge in [0.15, 0.2) is 0 Å². The predicted octanol–water partition coefficient (Wildman–Crippen LogP) is 2.74. The molecule has 0 aliphatic heterocycles. The second-order valence-corrected chi connectivity index (χ2v) is 7.06. The first-order valence-electron chi connectivity index (χ1n) is 5.17. The normalized spacial score (nSPS) is 12.7. The van der Waals surface area contributed by atoms with Crippen LogP contribution in [0.2, 0.25) is 5.02 Å². The molecule has 1 rings (SSSR count). The number of benzene rings is 1. The lowest BCUT2D eigenvalue weighted by Crippen LogP contribution is -2.41. The van der Waals surface area contributed by atoms with Crippen LogP contribution in [0.25, 0.3) is 0 Å². The van der Waals surface area contributed by atoms with Crippen LogP contribution < -0.4 is 0 Å². The van der Waals surface area contributed by atoms with Crippen molar-refractivity contribution < 1.29 is 31.5 Å². The summed E-state index contributed by atoms with van der Waals surface area (Å²) in [5, 5.41) is 8.75. The highest BCUT2D eigenvalue weighted by Gasteiger charge is 2.38. The molecule has 0 heterocycles. The van der Waals surface area contributed by atoms with E-state index in [2.05, 4.69) is 15.9 Å². The van der Waals surface area contributed by atoms with Gasteiger partial charge in [0, 0.05) is 4.47 Å². The Balaban J connectivity index is 3.25. The highest BCUT2D eigenvalue weighted by atomic mass is 79.9. The Morgan fingerprint density at radius 1 is 1.38 bits per heavy atom. The summed E-state index contributed by atoms with van der Waals surface area (Å²) >= 11 is 8.62. The molecule has 11 heteroatoms. The van der Waals surface area contributed by atoms with Gasteiger partial charge in [-0.05, 0) is 34.1 Å². The van der Waals surface area contributed by atoms with Crippen molar-refractivity contribution in [2.24, 2.45) is 0 Å². The number of alkyl halides is 3. The summed E-state index contributed by atoms with van der Waals surface area (Å²) in [7, 11) is -4.62. The maximum absolute atomic E-state index is 12.4. The predicted molar refractivity (Wildman–Crippen MR) is 71.6 cm³/mol. The Morgan fingerprint density at radius 3 is 2.38 bits per heavy atom. The number of carboxylic acid groups (broad SMARTS) is 1. The van der Waals surface area contributed by atoms with E-state index in [0.717, 1.165) is 12.1 Å². The number of hydrogen-bond acceptors (Lipinski definition) is 3. The lowest BCUT2D eigenvalue weighted by atomic mass is 10.4. The fraction of sp³-hybridized carbons (Fsp3) is 0.300. The van der Waals surface area contributed by atoms with Crippen LogP contribution in [0, 0.1) is 0 Å². The fourth-order valence-electron chi connectivity index (χ4n) is 1.36. The van der Waals surface area contributed by atoms with E-state index in [-0.39, 0.29) is 13.8 Å². The molecule has 0 aliphatic carbocycles. The number of nitrogens with zero attached hydrogens (tertiary/aromatic N) is 1. The quantitative estimate of drug-likeness (QED) is 0.810. The smallest absolute Gasteiger partial charge is 0.402 e. The molecule has 0 aliphatic rings. The lowest BCUT2D eigenvalue weighted by molar-refractivity contribution is -0.146. The van der Waals surface area contributed by atoms with Crippen molar-refractivity contribution in [1.29, 1.82) is 0 Å². The minimum absolute atomic E-state index is 0.160. The monoisotopic (exact) mass is 409 g/mol. The molecule has 0 amide bonds. The zero-order valence-corrected chi connectivity index (χ0v) is 13.2. The van der Waals surface area contributed by atoms with Crippen molar-refractivity contribution in [3.8, 4) is 0 Å². The van der Waals surface area contributed by atoms with Gasteiger partial charge in [0.2, 0.25) is 10.0 Å². The van der Waals surface area contributed by atoms with Crippen LogP contribution in [0.4, 0.5) is 13.2 Å². The molecule has 1 aromatic rings. The summed E-state index contributed by atoms with van der Waals surface area (Å²) in [6.07, 6.45) is -4.87. The van der Waals surface area contributed by atoms with Gasteiger partial charge in [-0.15, -0.1) is 0 Å². The van der Waals surface area contributed by atoms with Crippen LogP contribution in [0.3, 0.4) is 0 Å². The summed E-state index contributed by atoms with van der Waals surface area (Å²) in [5.74, 6) is -1.70. The summed E-state index contributed by atoms with van der Waals surface area (Å²) in [5.41, 5.74) is 0. The average Bonchev–Trinajstić information content (AvgIpc) is 2.29. The van der Waals surface area contributed by atoms with Gasteiger partial charge in [0.05, 0.1) is 9.92 Å². The number of hydrogen-bond donors (Lipinski definition) is 1. The van der Waals surface area contributed by atoms with E-state index in [1.54, 1.807) is 0 Å². The first-order chi connectivity index (χ1) is 9.43. The largest absolute Gasteiger partial charge is 0.480 e. The summed E-state index contributed by atoms with van der Waals surface area (Å²) < 4.78 is 61.5. The molecule has 21 heavy (non-hydrogen) atoms. The van der Waals surface area contributed by atoms with Gasteiger partial charge in [0.25, 0.3) is 0 Å². The second-order valence-electron chi connectivity index (χ2n) is 3.86. The SMILES string of the molecule is O=C(O)CN(CC(F)(F)F)S(=O)(=O)c1ccc(Cl)c(Br)c1. The number of halogens is 5. The zero-order chi connectivity index (χ0) is 16.4. The lowest BCUT2D eigenvalue weighted by Gasteiger charge is -2.21. The van der Waals surface area contributed by atoms with Crippen molar-refractivity contribution in [1.82, 2.24) is 4.31 Å². The summed E-state index contributed by atoms with van der Waals surface area (Å²) in [4.78, 5) is 10.1. The third kappa shape index (κ3) is 5.13. The van der Waals surface area contributed by atoms with E-state index in [4.69, 9.17) is 16.7 Å². The Hall–Kier alpha value is -0.840. The maximum atomic E-state index is 12.4. The Labute approximate surface area is 131 Å². The number of sulfonamides is 1. The highest BCUT2D eigenvalue weighted by Crippen LogP contribution is 2.28. The highest BCUT2D eigenvalue weighted by molar-refractivity contribution is 9.10. The van der Waals surface area contributed by atoms with E-state index < -0.39 is 40.2 Å². The molecule has 0 atom stereocenters. The number of carbonyl (C=O) groups is 1. The van der Waals surface area contributed by atoms with E-state index in [9.17, 15) is 26.4 Å². The Morgan fingerprint density at radius 2 is 1.95 bits per heavy atom. The molecule has 0 unspecified atom stereocenters. The van der Waals surface area contributed by atoms with Crippen molar-refractivity contribution in [2.75, 3.05) is 13.1 Å². The molecule has 0 fully saturated rings. The second kappa shape index (κ2) is 6.51. The van der Waals surface area contributed by atoms with Crippen molar-refractivity contribution in [2.45, 2.75) is 11.1 Å². The van der Waals surface area contributed by atoms with Crippen LogP contribution in [0.1, 0.15) is 0 Å². The number of aliphatic carboxylic acids is 1. The molecule has 0 bridgehead atoms. The van der Waals surface area contributed by atoms with Crippen molar-refractivity contribution in [3.05, 3.63) is 27.7 Å². The molecule has 0 aromatic heterocycles. The Kier molecular flexibility index (Phi) is 5.64. The maximum Gasteiger partial charge on any atom is 0.402 e. The first-order valence-corrected chi connectivity index (χ1v) is 7.78. The standard InChI is InChI=1S/C10H8BrClF3NO4S/c11-7-3-6(1-2-8(7)12)21(19,20)16(4-9(17)18)5-10(13,14)15/h1-3H,4-5H2,(H,17,18). The van der Waals surface area contributed by atoms with Crippen LogP contribution in [-0.4, -0.2) is 43.1 Å². The van der Waals surface area contributed by atoms with Crippen LogP contribution in [0.15, 0.2) is 27.6 Å². The van der Waals surface area contributed by atoms with Gasteiger partial charge in [-0.3, -0.25) is 4.79 Å². The number of rotatable bonds is 5. The molecular weight excluding hydrogens is 403 g/mol. The fourth-order valence-corrected chi connectivity index (χ4v) is 3.41. The van der Waals surface area contributed by atoms with Crippen LogP contribution in [-0.2, 0) is 14.8 Å². The van der Waals surface area contributed by atoms with Crippen LogP contribution >= 0.6 is 27.5 Å². The molecule has 0 spiro atoms. The molecule has 1 N–H and O–H groups in total. The van der Waals surface area contributed by atoms with Gasteiger partial charge in [-0.25, -0.2) is 8.42 Å². The van der Waals surface area contributed by atoms with E-state index >= 15 is 0 Å². The van der Waals surface area contributed by atoms with Gasteiger partial charge in [-0.1, -0.05) is 11.6 Å². The minimum Gasteiger partial charge on any atom is -0.480 e. The third-order valence-electron chi connectivity index (χ3n) is 2.20. The molecule has 0 saturated carbocycles. The minimum atomic E-state index is -4.87. The molecule has 1 aromatic carbocycles. The summed E-state index contributed by atoms with van der Waals surface area (Å²) in [6.45, 7) is -3.20. The number of carboxylic acids is 1. The van der Waals surface area contributed by atoms with E-state index in [0.29, 0.717) is 0 Å². The average molecular weight is 411 g/mol. The molecule has 0 radical (unpaired) electrons. The topological polar surface area (TPSA) is 74.7 Å². The molecule has 0 saturated heterocycles. The van der Waals surface area contributed by atoms with Gasteiger partial charge >= 0.3 is 12.1 Å².